The number of anilines is 2. The molecule has 8 nitrogen and oxygen atoms in total. The molecule has 0 aromatic carbocycles. The van der Waals surface area contributed by atoms with Crippen molar-refractivity contribution in [2.75, 3.05) is 23.3 Å². The van der Waals surface area contributed by atoms with E-state index in [-0.39, 0.29) is 5.69 Å². The number of hydrogen-bond donors (Lipinski definition) is 2. The van der Waals surface area contributed by atoms with Gasteiger partial charge in [-0.25, -0.2) is 4.98 Å². The molecule has 0 radical (unpaired) electrons. The predicted molar refractivity (Wildman–Crippen MR) is 79.2 cm³/mol. The zero-order valence-electron chi connectivity index (χ0n) is 11.9. The topological polar surface area (TPSA) is 114 Å². The van der Waals surface area contributed by atoms with Crippen LogP contribution in [0.15, 0.2) is 12.1 Å². The number of hydrogen-bond acceptors (Lipinski definition) is 6. The fraction of sp³-hybridized carbons (Fsp3) is 0.538. The summed E-state index contributed by atoms with van der Waals surface area (Å²) in [4.78, 5) is 28.2. The molecular formula is C13H19N5O3. The standard InChI is InChI=1S/C13H19N5O3/c1-2-5-15-11-7-9(18(20)21)8-12(16-11)17-6-3-4-10(17)13(14)19/h7-8,10H,2-6H2,1H3,(H2,14,19)(H,15,16). The molecule has 8 heteroatoms. The van der Waals surface area contributed by atoms with Crippen molar-refractivity contribution in [3.05, 3.63) is 22.2 Å². The number of pyridine rings is 1. The summed E-state index contributed by atoms with van der Waals surface area (Å²) in [6, 6.07) is 2.34. The SMILES string of the molecule is CCCNc1cc([N+](=O)[O-])cc(N2CCCC2C(N)=O)n1. The van der Waals surface area contributed by atoms with Gasteiger partial charge in [-0.2, -0.15) is 0 Å². The highest BCUT2D eigenvalue weighted by Gasteiger charge is 2.31. The Bertz CT molecular complexity index is 549. The molecule has 1 amide bonds. The molecule has 0 saturated carbocycles. The summed E-state index contributed by atoms with van der Waals surface area (Å²) >= 11 is 0. The number of nitro groups is 1. The van der Waals surface area contributed by atoms with Crippen LogP contribution < -0.4 is 16.0 Å². The molecule has 2 heterocycles. The van der Waals surface area contributed by atoms with E-state index in [9.17, 15) is 14.9 Å². The van der Waals surface area contributed by atoms with Crippen molar-refractivity contribution in [1.29, 1.82) is 0 Å². The first-order valence-electron chi connectivity index (χ1n) is 6.99. The second kappa shape index (κ2) is 6.38. The second-order valence-electron chi connectivity index (χ2n) is 5.01. The van der Waals surface area contributed by atoms with Crippen molar-refractivity contribution in [3.63, 3.8) is 0 Å². The zero-order valence-corrected chi connectivity index (χ0v) is 11.9. The quantitative estimate of drug-likeness (QED) is 0.603. The number of rotatable bonds is 6. The van der Waals surface area contributed by atoms with Crippen LogP contribution in [0.25, 0.3) is 0 Å². The van der Waals surface area contributed by atoms with Gasteiger partial charge in [-0.3, -0.25) is 14.9 Å². The first-order chi connectivity index (χ1) is 10.0. The lowest BCUT2D eigenvalue weighted by Gasteiger charge is -2.23. The van der Waals surface area contributed by atoms with Crippen molar-refractivity contribution in [2.45, 2.75) is 32.2 Å². The van der Waals surface area contributed by atoms with Crippen LogP contribution in [0.3, 0.4) is 0 Å². The Balaban J connectivity index is 2.35. The molecule has 21 heavy (non-hydrogen) atoms. The maximum Gasteiger partial charge on any atom is 0.276 e. The molecule has 0 aliphatic carbocycles. The van der Waals surface area contributed by atoms with Crippen molar-refractivity contribution in [3.8, 4) is 0 Å². The highest BCUT2D eigenvalue weighted by molar-refractivity contribution is 5.84. The van der Waals surface area contributed by atoms with E-state index in [4.69, 9.17) is 5.73 Å². The fourth-order valence-corrected chi connectivity index (χ4v) is 2.43. The minimum atomic E-state index is -0.461. The third kappa shape index (κ3) is 3.39. The van der Waals surface area contributed by atoms with E-state index in [2.05, 4.69) is 10.3 Å². The molecule has 2 rings (SSSR count). The minimum Gasteiger partial charge on any atom is -0.370 e. The Morgan fingerprint density at radius 2 is 2.38 bits per heavy atom. The molecule has 1 aromatic rings. The largest absolute Gasteiger partial charge is 0.370 e. The van der Waals surface area contributed by atoms with Crippen LogP contribution in [-0.2, 0) is 4.79 Å². The van der Waals surface area contributed by atoms with Gasteiger partial charge in [-0.05, 0) is 19.3 Å². The van der Waals surface area contributed by atoms with Crippen LogP contribution in [0.2, 0.25) is 0 Å². The van der Waals surface area contributed by atoms with Crippen molar-refractivity contribution < 1.29 is 9.72 Å². The first kappa shape index (κ1) is 15.0. The van der Waals surface area contributed by atoms with Gasteiger partial charge >= 0.3 is 0 Å². The van der Waals surface area contributed by atoms with Gasteiger partial charge in [-0.15, -0.1) is 0 Å². The van der Waals surface area contributed by atoms with Gasteiger partial charge in [0.15, 0.2) is 0 Å². The third-order valence-corrected chi connectivity index (χ3v) is 3.44. The predicted octanol–water partition coefficient (Wildman–Crippen LogP) is 1.27. The molecule has 0 spiro atoms. The summed E-state index contributed by atoms with van der Waals surface area (Å²) < 4.78 is 0. The molecule has 1 fully saturated rings. The van der Waals surface area contributed by atoms with Crippen LogP contribution in [-0.4, -0.2) is 34.9 Å². The van der Waals surface area contributed by atoms with E-state index in [1.54, 1.807) is 4.90 Å². The number of nitrogens with zero attached hydrogens (tertiary/aromatic N) is 3. The van der Waals surface area contributed by atoms with Gasteiger partial charge < -0.3 is 16.0 Å². The molecule has 1 aliphatic rings. The summed E-state index contributed by atoms with van der Waals surface area (Å²) in [6.45, 7) is 3.29. The van der Waals surface area contributed by atoms with Crippen LogP contribution in [0, 0.1) is 10.1 Å². The Morgan fingerprint density at radius 3 is 3.00 bits per heavy atom. The molecule has 114 valence electrons. The van der Waals surface area contributed by atoms with Gasteiger partial charge in [0.2, 0.25) is 5.91 Å². The molecular weight excluding hydrogens is 274 g/mol. The average Bonchev–Trinajstić information content (AvgIpc) is 2.94. The number of aromatic nitrogens is 1. The van der Waals surface area contributed by atoms with E-state index in [0.29, 0.717) is 31.1 Å². The fourth-order valence-electron chi connectivity index (χ4n) is 2.43. The lowest BCUT2D eigenvalue weighted by Crippen LogP contribution is -2.40. The average molecular weight is 293 g/mol. The number of nitrogens with two attached hydrogens (primary N) is 1. The monoisotopic (exact) mass is 293 g/mol. The van der Waals surface area contributed by atoms with E-state index < -0.39 is 16.9 Å². The lowest BCUT2D eigenvalue weighted by molar-refractivity contribution is -0.384. The Labute approximate surface area is 122 Å². The maximum atomic E-state index is 11.5. The highest BCUT2D eigenvalue weighted by atomic mass is 16.6. The Kier molecular flexibility index (Phi) is 4.56. The molecule has 1 aromatic heterocycles. The number of amides is 1. The van der Waals surface area contributed by atoms with Crippen molar-refractivity contribution in [1.82, 2.24) is 4.98 Å². The van der Waals surface area contributed by atoms with Crippen LogP contribution in [0.4, 0.5) is 17.3 Å². The van der Waals surface area contributed by atoms with Gasteiger partial charge in [0.05, 0.1) is 17.1 Å². The highest BCUT2D eigenvalue weighted by Crippen LogP contribution is 2.28. The minimum absolute atomic E-state index is 0.0475. The van der Waals surface area contributed by atoms with Crippen molar-refractivity contribution in [2.24, 2.45) is 5.73 Å². The molecule has 1 aliphatic heterocycles. The summed E-state index contributed by atoms with van der Waals surface area (Å²) in [5, 5.41) is 14.1. The normalized spacial score (nSPS) is 17.8. The van der Waals surface area contributed by atoms with Crippen molar-refractivity contribution >= 4 is 23.2 Å². The van der Waals surface area contributed by atoms with E-state index in [1.165, 1.54) is 12.1 Å². The summed E-state index contributed by atoms with van der Waals surface area (Å²) in [5.41, 5.74) is 5.34. The maximum absolute atomic E-state index is 11.5. The second-order valence-corrected chi connectivity index (χ2v) is 5.01. The van der Waals surface area contributed by atoms with E-state index >= 15 is 0 Å². The smallest absolute Gasteiger partial charge is 0.276 e. The van der Waals surface area contributed by atoms with Gasteiger partial charge in [0.1, 0.15) is 17.7 Å². The summed E-state index contributed by atoms with van der Waals surface area (Å²) in [6.07, 6.45) is 2.35. The van der Waals surface area contributed by atoms with E-state index in [0.717, 1.165) is 12.8 Å². The van der Waals surface area contributed by atoms with Crippen LogP contribution in [0.5, 0.6) is 0 Å². The van der Waals surface area contributed by atoms with Gasteiger partial charge in [0, 0.05) is 13.1 Å². The lowest BCUT2D eigenvalue weighted by atomic mass is 10.2. The molecule has 1 saturated heterocycles. The van der Waals surface area contributed by atoms with Gasteiger partial charge in [-0.1, -0.05) is 6.92 Å². The number of nitrogens with one attached hydrogen (secondary N) is 1. The molecule has 0 bridgehead atoms. The van der Waals surface area contributed by atoms with E-state index in [1.807, 2.05) is 6.92 Å². The van der Waals surface area contributed by atoms with Gasteiger partial charge in [0.25, 0.3) is 5.69 Å². The Hall–Kier alpha value is -2.38. The number of carbonyl (C=O) groups excluding carboxylic acids is 1. The summed E-state index contributed by atoms with van der Waals surface area (Å²) in [5.74, 6) is 0.434. The summed E-state index contributed by atoms with van der Waals surface area (Å²) in [7, 11) is 0. The molecule has 3 N–H and O–H groups in total. The van der Waals surface area contributed by atoms with Crippen LogP contribution in [0.1, 0.15) is 26.2 Å². The molecule has 1 atom stereocenters. The number of carbonyl (C=O) groups is 1. The first-order valence-corrected chi connectivity index (χ1v) is 6.99. The third-order valence-electron chi connectivity index (χ3n) is 3.44. The molecule has 1 unspecified atom stereocenters. The number of primary amides is 1. The van der Waals surface area contributed by atoms with Crippen LogP contribution >= 0.6 is 0 Å². The Morgan fingerprint density at radius 1 is 1.62 bits per heavy atom. The zero-order chi connectivity index (χ0) is 15.4.